The molecule has 1 N–H and O–H groups in total. The molecular weight excluding hydrogens is 483 g/mol. The second-order valence-corrected chi connectivity index (χ2v) is 11.3. The van der Waals surface area contributed by atoms with E-state index < -0.39 is 17.4 Å². The van der Waals surface area contributed by atoms with Gasteiger partial charge in [0.15, 0.2) is 11.6 Å². The number of Topliss-reactive ketones (excluding diaryl/α,β-unsaturated/α-hetero) is 2. The van der Waals surface area contributed by atoms with Crippen molar-refractivity contribution in [1.29, 1.82) is 0 Å². The van der Waals surface area contributed by atoms with E-state index in [1.807, 2.05) is 27.8 Å². The monoisotopic (exact) mass is 520 g/mol. The largest absolute Gasteiger partial charge is 0.456 e. The topological polar surface area (TPSA) is 75.7 Å². The van der Waals surface area contributed by atoms with Crippen molar-refractivity contribution in [2.24, 2.45) is 0 Å². The summed E-state index contributed by atoms with van der Waals surface area (Å²) in [5.74, 6) is -1.45. The van der Waals surface area contributed by atoms with Crippen molar-refractivity contribution in [3.8, 4) is 0 Å². The summed E-state index contributed by atoms with van der Waals surface area (Å²) < 4.78 is 19.7. The molecule has 0 amide bonds. The average Bonchev–Trinajstić information content (AvgIpc) is 2.87. The molecule has 0 bridgehead atoms. The second kappa shape index (κ2) is 11.1. The van der Waals surface area contributed by atoms with E-state index in [0.717, 1.165) is 36.9 Å². The molecule has 1 fully saturated rings. The number of fused-ring (bicyclic) bond motifs is 1. The molecule has 0 saturated heterocycles. The lowest BCUT2D eigenvalue weighted by molar-refractivity contribution is -0.120. The van der Waals surface area contributed by atoms with Gasteiger partial charge in [-0.2, -0.15) is 0 Å². The maximum Gasteiger partial charge on any atom is 0.338 e. The summed E-state index contributed by atoms with van der Waals surface area (Å²) >= 11 is 0. The Bertz CT molecular complexity index is 1290. The van der Waals surface area contributed by atoms with Crippen LogP contribution in [0.15, 0.2) is 35.9 Å². The molecule has 0 atom stereocenters. The molecule has 4 rings (SSSR count). The number of allylic oxidation sites excluding steroid dienone is 1. The zero-order chi connectivity index (χ0) is 27.6. The van der Waals surface area contributed by atoms with E-state index in [-0.39, 0.29) is 30.0 Å². The SMILES string of the molecule is CNc1cc(F)cc2c1CC(=O)C(C(=O)Cc1ccc(C(=O)OC(C)(C)C)cc1N(C)C1CCCCC1)=C2. The van der Waals surface area contributed by atoms with Crippen molar-refractivity contribution in [2.45, 2.75) is 77.4 Å². The van der Waals surface area contributed by atoms with Crippen molar-refractivity contribution in [3.63, 3.8) is 0 Å². The molecule has 7 heteroatoms. The lowest BCUT2D eigenvalue weighted by atomic mass is 9.86. The van der Waals surface area contributed by atoms with E-state index in [0.29, 0.717) is 28.4 Å². The minimum absolute atomic E-state index is 0.00208. The Morgan fingerprint density at radius 3 is 2.47 bits per heavy atom. The van der Waals surface area contributed by atoms with E-state index in [9.17, 15) is 18.8 Å². The van der Waals surface area contributed by atoms with E-state index in [2.05, 4.69) is 10.2 Å². The number of ketones is 2. The first-order valence-electron chi connectivity index (χ1n) is 13.3. The Kier molecular flexibility index (Phi) is 8.05. The summed E-state index contributed by atoms with van der Waals surface area (Å²) in [5, 5.41) is 2.93. The van der Waals surface area contributed by atoms with E-state index >= 15 is 0 Å². The first-order valence-corrected chi connectivity index (χ1v) is 13.3. The predicted molar refractivity (Wildman–Crippen MR) is 148 cm³/mol. The fraction of sp³-hybridized carbons (Fsp3) is 0.452. The number of hydrogen-bond donors (Lipinski definition) is 1. The quantitative estimate of drug-likeness (QED) is 0.361. The molecule has 0 aliphatic heterocycles. The number of hydrogen-bond acceptors (Lipinski definition) is 6. The van der Waals surface area contributed by atoms with Gasteiger partial charge in [-0.05, 0) is 80.6 Å². The van der Waals surface area contributed by atoms with Gasteiger partial charge in [-0.15, -0.1) is 0 Å². The number of rotatable bonds is 7. The normalized spacial score (nSPS) is 15.9. The van der Waals surface area contributed by atoms with Crippen molar-refractivity contribution < 1.29 is 23.5 Å². The van der Waals surface area contributed by atoms with Crippen molar-refractivity contribution in [3.05, 3.63) is 64.0 Å². The van der Waals surface area contributed by atoms with Crippen LogP contribution < -0.4 is 10.2 Å². The number of ether oxygens (including phenoxy) is 1. The van der Waals surface area contributed by atoms with Crippen LogP contribution in [0.1, 0.15) is 79.9 Å². The van der Waals surface area contributed by atoms with Gasteiger partial charge >= 0.3 is 5.97 Å². The van der Waals surface area contributed by atoms with Crippen LogP contribution in [0.5, 0.6) is 0 Å². The van der Waals surface area contributed by atoms with Crippen molar-refractivity contribution in [1.82, 2.24) is 0 Å². The minimum Gasteiger partial charge on any atom is -0.456 e. The highest BCUT2D eigenvalue weighted by Crippen LogP contribution is 2.33. The maximum atomic E-state index is 14.2. The van der Waals surface area contributed by atoms with E-state index in [1.54, 1.807) is 25.2 Å². The number of anilines is 2. The van der Waals surface area contributed by atoms with Gasteiger partial charge in [0.1, 0.15) is 11.4 Å². The lowest BCUT2D eigenvalue weighted by Crippen LogP contribution is -2.34. The van der Waals surface area contributed by atoms with Crippen LogP contribution in [0.25, 0.3) is 6.08 Å². The highest BCUT2D eigenvalue weighted by atomic mass is 19.1. The molecule has 202 valence electrons. The van der Waals surface area contributed by atoms with Gasteiger partial charge in [0, 0.05) is 44.4 Å². The molecule has 0 radical (unpaired) electrons. The summed E-state index contributed by atoms with van der Waals surface area (Å²) in [6.45, 7) is 5.47. The van der Waals surface area contributed by atoms with E-state index in [1.165, 1.54) is 24.6 Å². The maximum absolute atomic E-state index is 14.2. The molecule has 0 aromatic heterocycles. The molecule has 38 heavy (non-hydrogen) atoms. The second-order valence-electron chi connectivity index (χ2n) is 11.3. The molecule has 0 unspecified atom stereocenters. The fourth-order valence-corrected chi connectivity index (χ4v) is 5.37. The standard InChI is InChI=1S/C31H37FN2O4/c1-31(2,3)38-30(37)20-12-11-19(27(15-20)34(5)23-9-7-6-8-10-23)16-28(35)25-14-21-13-22(32)17-26(33-4)24(21)18-29(25)36/h11-15,17,23,33H,6-10,16,18H2,1-5H3. The Balaban J connectivity index is 1.67. The summed E-state index contributed by atoms with van der Waals surface area (Å²) in [4.78, 5) is 41.5. The van der Waals surface area contributed by atoms with Crippen LogP contribution in [0, 0.1) is 5.82 Å². The van der Waals surface area contributed by atoms with Gasteiger partial charge in [0.25, 0.3) is 0 Å². The zero-order valence-electron chi connectivity index (χ0n) is 22.9. The molecular formula is C31H37FN2O4. The van der Waals surface area contributed by atoms with Crippen molar-refractivity contribution >= 4 is 35.0 Å². The van der Waals surface area contributed by atoms with Crippen LogP contribution in [0.3, 0.4) is 0 Å². The number of carbonyl (C=O) groups excluding carboxylic acids is 3. The van der Waals surface area contributed by atoms with Gasteiger partial charge < -0.3 is 15.0 Å². The predicted octanol–water partition coefficient (Wildman–Crippen LogP) is 5.91. The van der Waals surface area contributed by atoms with Gasteiger partial charge in [0.05, 0.1) is 11.1 Å². The Hall–Kier alpha value is -3.48. The molecule has 2 aliphatic rings. The van der Waals surface area contributed by atoms with Gasteiger partial charge in [-0.1, -0.05) is 25.3 Å². The number of benzene rings is 2. The molecule has 2 aromatic rings. The number of esters is 1. The third-order valence-electron chi connectivity index (χ3n) is 7.33. The molecule has 6 nitrogen and oxygen atoms in total. The summed E-state index contributed by atoms with van der Waals surface area (Å²) in [6.07, 6.45) is 7.12. The summed E-state index contributed by atoms with van der Waals surface area (Å²) in [5.41, 5.74) is 3.18. The van der Waals surface area contributed by atoms with Crippen LogP contribution in [0.2, 0.25) is 0 Å². The van der Waals surface area contributed by atoms with Crippen molar-refractivity contribution in [2.75, 3.05) is 24.3 Å². The molecule has 2 aliphatic carbocycles. The first-order chi connectivity index (χ1) is 18.0. The van der Waals surface area contributed by atoms with Gasteiger partial charge in [-0.3, -0.25) is 9.59 Å². The lowest BCUT2D eigenvalue weighted by Gasteiger charge is -2.34. The summed E-state index contributed by atoms with van der Waals surface area (Å²) in [7, 11) is 3.68. The van der Waals surface area contributed by atoms with Crippen LogP contribution in [-0.2, 0) is 27.2 Å². The van der Waals surface area contributed by atoms with E-state index in [4.69, 9.17) is 4.74 Å². The third kappa shape index (κ3) is 6.14. The average molecular weight is 521 g/mol. The molecule has 0 heterocycles. The number of nitrogens with zero attached hydrogens (tertiary/aromatic N) is 1. The third-order valence-corrected chi connectivity index (χ3v) is 7.33. The minimum atomic E-state index is -0.627. The van der Waals surface area contributed by atoms with Crippen LogP contribution in [-0.4, -0.2) is 43.3 Å². The van der Waals surface area contributed by atoms with Crippen LogP contribution in [0.4, 0.5) is 15.8 Å². The first kappa shape index (κ1) is 27.6. The Labute approximate surface area is 224 Å². The highest BCUT2D eigenvalue weighted by Gasteiger charge is 2.28. The van der Waals surface area contributed by atoms with Gasteiger partial charge in [0.2, 0.25) is 0 Å². The highest BCUT2D eigenvalue weighted by molar-refractivity contribution is 6.25. The smallest absolute Gasteiger partial charge is 0.338 e. The molecule has 0 spiro atoms. The number of nitrogens with one attached hydrogen (secondary N) is 1. The zero-order valence-corrected chi connectivity index (χ0v) is 22.9. The number of carbonyl (C=O) groups is 3. The fourth-order valence-electron chi connectivity index (χ4n) is 5.37. The number of halogens is 1. The molecule has 1 saturated carbocycles. The van der Waals surface area contributed by atoms with Gasteiger partial charge in [-0.25, -0.2) is 9.18 Å². The Morgan fingerprint density at radius 1 is 1.11 bits per heavy atom. The Morgan fingerprint density at radius 2 is 1.82 bits per heavy atom. The molecule has 2 aromatic carbocycles. The summed E-state index contributed by atoms with van der Waals surface area (Å²) in [6, 6.07) is 8.27. The van der Waals surface area contributed by atoms with Crippen LogP contribution >= 0.6 is 0 Å².